The second-order valence-electron chi connectivity index (χ2n) is 6.08. The Morgan fingerprint density at radius 1 is 1.36 bits per heavy atom. The van der Waals surface area contributed by atoms with E-state index in [1.54, 1.807) is 37.3 Å². The monoisotopic (exact) mass is 385 g/mol. The summed E-state index contributed by atoms with van der Waals surface area (Å²) in [5.41, 5.74) is 6.33. The summed E-state index contributed by atoms with van der Waals surface area (Å²) in [7, 11) is 0. The van der Waals surface area contributed by atoms with E-state index in [0.29, 0.717) is 28.0 Å². The van der Waals surface area contributed by atoms with E-state index in [9.17, 15) is 19.8 Å². The van der Waals surface area contributed by atoms with Crippen molar-refractivity contribution < 1.29 is 29.0 Å². The standard InChI is InChI=1S/C19H19N3O6/c1-10-16(19(26)22-14(8-23)17(20)24)13-7-12(4-5-15(13)28-10)27-9-11-3-2-6-21-18(11)25/h2-7,14,23H,8-9H2,1H3,(H2,20,24)(H,21,25)(H,22,26). The van der Waals surface area contributed by atoms with Crippen molar-refractivity contribution in [2.24, 2.45) is 5.73 Å². The number of nitrogens with two attached hydrogens (primary N) is 1. The highest BCUT2D eigenvalue weighted by molar-refractivity contribution is 6.08. The molecular weight excluding hydrogens is 366 g/mol. The van der Waals surface area contributed by atoms with E-state index in [0.717, 1.165) is 0 Å². The number of amides is 2. The Balaban J connectivity index is 1.86. The molecule has 5 N–H and O–H groups in total. The number of aliphatic hydroxyl groups excluding tert-OH is 1. The number of nitrogens with one attached hydrogen (secondary N) is 1. The van der Waals surface area contributed by atoms with Crippen LogP contribution >= 0.6 is 0 Å². The van der Waals surface area contributed by atoms with Crippen LogP contribution in [0.25, 0.3) is 11.0 Å². The maximum absolute atomic E-state index is 12.6. The zero-order valence-corrected chi connectivity index (χ0v) is 15.0. The maximum Gasteiger partial charge on any atom is 0.256 e. The first kappa shape index (κ1) is 19.2. The van der Waals surface area contributed by atoms with E-state index in [1.807, 2.05) is 0 Å². The number of rotatable bonds is 7. The van der Waals surface area contributed by atoms with Gasteiger partial charge in [0, 0.05) is 11.6 Å². The molecule has 9 heteroatoms. The number of hydrogen-bond donors (Lipinski definition) is 4. The number of aliphatic hydroxyl groups is 1. The Morgan fingerprint density at radius 3 is 2.82 bits per heavy atom. The molecule has 0 bridgehead atoms. The summed E-state index contributed by atoms with van der Waals surface area (Å²) >= 11 is 0. The van der Waals surface area contributed by atoms with Gasteiger partial charge in [-0.1, -0.05) is 0 Å². The van der Waals surface area contributed by atoms with Gasteiger partial charge >= 0.3 is 0 Å². The summed E-state index contributed by atoms with van der Waals surface area (Å²) in [5.74, 6) is -0.781. The van der Waals surface area contributed by atoms with Crippen LogP contribution in [-0.2, 0) is 11.4 Å². The molecule has 2 aromatic heterocycles. The SMILES string of the molecule is Cc1oc2ccc(OCc3cccnc3O)cc2c1C(=O)NC(CO)C(N)=O. The van der Waals surface area contributed by atoms with Crippen LogP contribution in [0.15, 0.2) is 40.9 Å². The zero-order valence-electron chi connectivity index (χ0n) is 15.0. The van der Waals surface area contributed by atoms with Crippen molar-refractivity contribution in [3.63, 3.8) is 0 Å². The molecule has 9 nitrogen and oxygen atoms in total. The predicted molar refractivity (Wildman–Crippen MR) is 98.7 cm³/mol. The number of aryl methyl sites for hydroxylation is 1. The van der Waals surface area contributed by atoms with Gasteiger partial charge in [0.15, 0.2) is 0 Å². The number of carbonyl (C=O) groups excluding carboxylic acids is 2. The van der Waals surface area contributed by atoms with Crippen LogP contribution in [0, 0.1) is 6.92 Å². The molecule has 0 saturated carbocycles. The van der Waals surface area contributed by atoms with Gasteiger partial charge in [-0.05, 0) is 37.3 Å². The summed E-state index contributed by atoms with van der Waals surface area (Å²) in [5, 5.41) is 21.8. The summed E-state index contributed by atoms with van der Waals surface area (Å²) in [6.07, 6.45) is 1.47. The number of furan rings is 1. The van der Waals surface area contributed by atoms with Gasteiger partial charge in [-0.25, -0.2) is 4.98 Å². The average molecular weight is 385 g/mol. The average Bonchev–Trinajstić information content (AvgIpc) is 3.00. The molecule has 0 spiro atoms. The lowest BCUT2D eigenvalue weighted by Gasteiger charge is -2.12. The van der Waals surface area contributed by atoms with Gasteiger partial charge < -0.3 is 30.4 Å². The summed E-state index contributed by atoms with van der Waals surface area (Å²) in [6.45, 7) is 1.08. The number of pyridine rings is 1. The minimum absolute atomic E-state index is 0.0812. The molecule has 0 radical (unpaired) electrons. The van der Waals surface area contributed by atoms with E-state index in [4.69, 9.17) is 14.9 Å². The molecule has 2 heterocycles. The van der Waals surface area contributed by atoms with Crippen LogP contribution in [0.1, 0.15) is 21.7 Å². The van der Waals surface area contributed by atoms with Crippen LogP contribution in [0.5, 0.6) is 11.6 Å². The molecule has 1 aromatic carbocycles. The Labute approximate surface area is 159 Å². The Bertz CT molecular complexity index is 1030. The Hall–Kier alpha value is -3.59. The van der Waals surface area contributed by atoms with Crippen LogP contribution in [0.3, 0.4) is 0 Å². The number of carbonyl (C=O) groups is 2. The second-order valence-corrected chi connectivity index (χ2v) is 6.08. The molecule has 0 aliphatic heterocycles. The van der Waals surface area contributed by atoms with E-state index >= 15 is 0 Å². The minimum atomic E-state index is -1.20. The van der Waals surface area contributed by atoms with Crippen molar-refractivity contribution in [2.75, 3.05) is 6.61 Å². The lowest BCUT2D eigenvalue weighted by atomic mass is 10.1. The largest absolute Gasteiger partial charge is 0.493 e. The van der Waals surface area contributed by atoms with Gasteiger partial charge in [-0.15, -0.1) is 0 Å². The molecule has 0 aliphatic carbocycles. The number of aromatic nitrogens is 1. The number of nitrogens with zero attached hydrogens (tertiary/aromatic N) is 1. The van der Waals surface area contributed by atoms with Gasteiger partial charge in [0.2, 0.25) is 11.8 Å². The van der Waals surface area contributed by atoms with E-state index < -0.39 is 24.5 Å². The quantitative estimate of drug-likeness (QED) is 0.474. The van der Waals surface area contributed by atoms with Gasteiger partial charge in [0.25, 0.3) is 5.91 Å². The number of fused-ring (bicyclic) bond motifs is 1. The molecular formula is C19H19N3O6. The molecule has 146 valence electrons. The zero-order chi connectivity index (χ0) is 20.3. The van der Waals surface area contributed by atoms with Crippen molar-refractivity contribution >= 4 is 22.8 Å². The van der Waals surface area contributed by atoms with E-state index in [1.165, 1.54) is 6.20 Å². The van der Waals surface area contributed by atoms with Crippen LogP contribution < -0.4 is 15.8 Å². The molecule has 0 aliphatic rings. The molecule has 0 fully saturated rings. The topological polar surface area (TPSA) is 148 Å². The molecule has 2 amide bonds. The number of primary amides is 1. The first-order valence-corrected chi connectivity index (χ1v) is 8.40. The normalized spacial score (nSPS) is 11.9. The first-order valence-electron chi connectivity index (χ1n) is 8.40. The molecule has 3 rings (SSSR count). The second kappa shape index (κ2) is 7.97. The van der Waals surface area contributed by atoms with E-state index in [2.05, 4.69) is 10.3 Å². The lowest BCUT2D eigenvalue weighted by molar-refractivity contribution is -0.120. The highest BCUT2D eigenvalue weighted by Gasteiger charge is 2.23. The molecule has 1 unspecified atom stereocenters. The number of ether oxygens (including phenoxy) is 1. The van der Waals surface area contributed by atoms with Crippen LogP contribution in [-0.4, -0.2) is 39.7 Å². The maximum atomic E-state index is 12.6. The fourth-order valence-corrected chi connectivity index (χ4v) is 2.71. The van der Waals surface area contributed by atoms with Crippen molar-refractivity contribution in [3.05, 3.63) is 53.4 Å². The third-order valence-electron chi connectivity index (χ3n) is 4.16. The minimum Gasteiger partial charge on any atom is -0.493 e. The molecule has 0 saturated heterocycles. The molecule has 1 atom stereocenters. The van der Waals surface area contributed by atoms with Gasteiger partial charge in [-0.2, -0.15) is 0 Å². The van der Waals surface area contributed by atoms with Crippen LogP contribution in [0.2, 0.25) is 0 Å². The first-order chi connectivity index (χ1) is 13.4. The fraction of sp³-hybridized carbons (Fsp3) is 0.211. The number of hydrogen-bond acceptors (Lipinski definition) is 7. The number of aromatic hydroxyl groups is 1. The Morgan fingerprint density at radius 2 is 2.14 bits per heavy atom. The van der Waals surface area contributed by atoms with Gasteiger partial charge in [0.05, 0.1) is 17.7 Å². The van der Waals surface area contributed by atoms with Crippen LogP contribution in [0.4, 0.5) is 0 Å². The third-order valence-corrected chi connectivity index (χ3v) is 4.16. The predicted octanol–water partition coefficient (Wildman–Crippen LogP) is 0.997. The fourth-order valence-electron chi connectivity index (χ4n) is 2.71. The third kappa shape index (κ3) is 3.89. The van der Waals surface area contributed by atoms with Crippen molar-refractivity contribution in [1.29, 1.82) is 0 Å². The summed E-state index contributed by atoms with van der Waals surface area (Å²) in [4.78, 5) is 27.6. The molecule has 3 aromatic rings. The highest BCUT2D eigenvalue weighted by atomic mass is 16.5. The lowest BCUT2D eigenvalue weighted by Crippen LogP contribution is -2.46. The highest BCUT2D eigenvalue weighted by Crippen LogP contribution is 2.29. The summed E-state index contributed by atoms with van der Waals surface area (Å²) in [6, 6.07) is 7.09. The van der Waals surface area contributed by atoms with Crippen molar-refractivity contribution in [3.8, 4) is 11.6 Å². The smallest absolute Gasteiger partial charge is 0.256 e. The number of benzene rings is 1. The summed E-state index contributed by atoms with van der Waals surface area (Å²) < 4.78 is 11.3. The van der Waals surface area contributed by atoms with Crippen molar-refractivity contribution in [1.82, 2.24) is 10.3 Å². The van der Waals surface area contributed by atoms with Crippen molar-refractivity contribution in [2.45, 2.75) is 19.6 Å². The Kier molecular flexibility index (Phi) is 5.46. The van der Waals surface area contributed by atoms with Gasteiger partial charge in [-0.3, -0.25) is 9.59 Å². The molecule has 28 heavy (non-hydrogen) atoms. The van der Waals surface area contributed by atoms with E-state index in [-0.39, 0.29) is 18.1 Å². The van der Waals surface area contributed by atoms with Gasteiger partial charge in [0.1, 0.15) is 29.7 Å².